The number of aliphatic hydroxyl groups is 1. The quantitative estimate of drug-likeness (QED) is 0.676. The summed E-state index contributed by atoms with van der Waals surface area (Å²) in [5, 5.41) is 23.1. The number of aliphatic carboxylic acids is 1. The van der Waals surface area contributed by atoms with E-state index in [2.05, 4.69) is 39.9 Å². The molecule has 3 unspecified atom stereocenters. The second kappa shape index (κ2) is 6.12. The molecular weight excluding hydrogens is 278 g/mol. The Bertz CT molecular complexity index is 421. The number of hydrogen-bond acceptors (Lipinski definition) is 3. The molecule has 0 heterocycles. The fourth-order valence-electron chi connectivity index (χ4n) is 4.90. The molecular formula is C18H33NO3. The fourth-order valence-corrected chi connectivity index (χ4v) is 4.90. The van der Waals surface area contributed by atoms with Gasteiger partial charge in [0.2, 0.25) is 0 Å². The highest BCUT2D eigenvalue weighted by Gasteiger charge is 2.71. The standard InChI is InChI=1S/C18H33NO3/c1-11(2)8-13(14(20)9-16(21)22)19-18-10-12(3)6-7-15(18)17(18,4)5/h11-15,19-20H,6-10H2,1-5H3,(H,21,22)/t12?,13-,14-,15?,18?/m0/s1. The Kier molecular flexibility index (Phi) is 4.94. The van der Waals surface area contributed by atoms with E-state index in [4.69, 9.17) is 5.11 Å². The lowest BCUT2D eigenvalue weighted by Gasteiger charge is -2.36. The largest absolute Gasteiger partial charge is 0.481 e. The van der Waals surface area contributed by atoms with Crippen LogP contribution in [0.1, 0.15) is 66.7 Å². The van der Waals surface area contributed by atoms with Crippen LogP contribution in [0.2, 0.25) is 0 Å². The average Bonchev–Trinajstić information content (AvgIpc) is 2.82. The second-order valence-electron chi connectivity index (χ2n) is 8.68. The van der Waals surface area contributed by atoms with E-state index in [1.807, 2.05) is 0 Å². The Morgan fingerprint density at radius 2 is 1.95 bits per heavy atom. The van der Waals surface area contributed by atoms with Crippen molar-refractivity contribution in [3.05, 3.63) is 0 Å². The summed E-state index contributed by atoms with van der Waals surface area (Å²) >= 11 is 0. The minimum absolute atomic E-state index is 0.0870. The zero-order valence-corrected chi connectivity index (χ0v) is 14.7. The van der Waals surface area contributed by atoms with Crippen LogP contribution in [-0.2, 0) is 4.79 Å². The van der Waals surface area contributed by atoms with Crippen LogP contribution in [0.5, 0.6) is 0 Å². The first-order valence-electron chi connectivity index (χ1n) is 8.77. The SMILES string of the molecule is CC(C)C[C@H](NC12CC(C)CCC1C2(C)C)[C@@H](O)CC(=O)O. The van der Waals surface area contributed by atoms with E-state index in [-0.39, 0.29) is 23.4 Å². The van der Waals surface area contributed by atoms with Gasteiger partial charge in [0, 0.05) is 11.6 Å². The van der Waals surface area contributed by atoms with Gasteiger partial charge in [-0.3, -0.25) is 4.79 Å². The number of aliphatic hydroxyl groups excluding tert-OH is 1. The van der Waals surface area contributed by atoms with Crippen LogP contribution in [0.25, 0.3) is 0 Å². The Hall–Kier alpha value is -0.610. The van der Waals surface area contributed by atoms with Crippen LogP contribution in [0.4, 0.5) is 0 Å². The Morgan fingerprint density at radius 3 is 2.50 bits per heavy atom. The van der Waals surface area contributed by atoms with Gasteiger partial charge in [0.05, 0.1) is 12.5 Å². The van der Waals surface area contributed by atoms with E-state index in [1.54, 1.807) is 0 Å². The summed E-state index contributed by atoms with van der Waals surface area (Å²) in [5.41, 5.74) is 0.333. The van der Waals surface area contributed by atoms with Gasteiger partial charge >= 0.3 is 5.97 Å². The third kappa shape index (κ3) is 3.18. The van der Waals surface area contributed by atoms with E-state index in [0.29, 0.717) is 17.8 Å². The summed E-state index contributed by atoms with van der Waals surface area (Å²) in [6.07, 6.45) is 3.48. The van der Waals surface area contributed by atoms with Crippen LogP contribution < -0.4 is 5.32 Å². The van der Waals surface area contributed by atoms with Crippen molar-refractivity contribution in [1.29, 1.82) is 0 Å². The number of carbonyl (C=O) groups is 1. The van der Waals surface area contributed by atoms with Crippen molar-refractivity contribution in [2.24, 2.45) is 23.2 Å². The van der Waals surface area contributed by atoms with E-state index in [9.17, 15) is 9.90 Å². The molecule has 0 bridgehead atoms. The number of rotatable bonds is 7. The molecule has 0 aliphatic heterocycles. The first kappa shape index (κ1) is 17.7. The van der Waals surface area contributed by atoms with Gasteiger partial charge in [0.25, 0.3) is 0 Å². The average molecular weight is 311 g/mol. The maximum Gasteiger partial charge on any atom is 0.306 e. The molecule has 0 spiro atoms. The van der Waals surface area contributed by atoms with Gasteiger partial charge in [-0.1, -0.05) is 41.0 Å². The van der Waals surface area contributed by atoms with Crippen molar-refractivity contribution in [3.8, 4) is 0 Å². The molecule has 4 heteroatoms. The Morgan fingerprint density at radius 1 is 1.32 bits per heavy atom. The minimum atomic E-state index is -0.927. The van der Waals surface area contributed by atoms with E-state index >= 15 is 0 Å². The summed E-state index contributed by atoms with van der Waals surface area (Å²) in [6.45, 7) is 11.2. The lowest BCUT2D eigenvalue weighted by atomic mass is 9.84. The molecule has 0 aromatic carbocycles. The van der Waals surface area contributed by atoms with Crippen molar-refractivity contribution < 1.29 is 15.0 Å². The lowest BCUT2D eigenvalue weighted by molar-refractivity contribution is -0.139. The number of nitrogens with one attached hydrogen (secondary N) is 1. The van der Waals surface area contributed by atoms with Crippen molar-refractivity contribution in [2.45, 2.75) is 84.4 Å². The fraction of sp³-hybridized carbons (Fsp3) is 0.944. The van der Waals surface area contributed by atoms with Gasteiger partial charge in [-0.15, -0.1) is 0 Å². The molecule has 2 saturated carbocycles. The van der Waals surface area contributed by atoms with E-state index in [1.165, 1.54) is 12.8 Å². The van der Waals surface area contributed by atoms with Crippen LogP contribution in [-0.4, -0.2) is 33.9 Å². The van der Waals surface area contributed by atoms with Crippen molar-refractivity contribution >= 4 is 5.97 Å². The molecule has 2 aliphatic rings. The molecule has 3 N–H and O–H groups in total. The highest BCUT2D eigenvalue weighted by Crippen LogP contribution is 2.69. The van der Waals surface area contributed by atoms with E-state index < -0.39 is 12.1 Å². The van der Waals surface area contributed by atoms with Crippen LogP contribution in [0.3, 0.4) is 0 Å². The molecule has 2 rings (SSSR count). The van der Waals surface area contributed by atoms with Gasteiger partial charge in [0.1, 0.15) is 0 Å². The van der Waals surface area contributed by atoms with Gasteiger partial charge in [-0.25, -0.2) is 0 Å². The summed E-state index contributed by atoms with van der Waals surface area (Å²) < 4.78 is 0. The highest BCUT2D eigenvalue weighted by molar-refractivity contribution is 5.67. The third-order valence-electron chi connectivity index (χ3n) is 6.17. The molecule has 0 saturated heterocycles. The van der Waals surface area contributed by atoms with Crippen LogP contribution in [0.15, 0.2) is 0 Å². The molecule has 128 valence electrons. The van der Waals surface area contributed by atoms with Gasteiger partial charge < -0.3 is 15.5 Å². The molecule has 2 fully saturated rings. The Balaban J connectivity index is 2.13. The predicted octanol–water partition coefficient (Wildman–Crippen LogP) is 3.04. The maximum atomic E-state index is 11.0. The summed E-state index contributed by atoms with van der Waals surface area (Å²) in [6, 6.07) is -0.134. The Labute approximate surface area is 134 Å². The molecule has 0 aromatic rings. The molecule has 4 nitrogen and oxygen atoms in total. The van der Waals surface area contributed by atoms with Crippen molar-refractivity contribution in [2.75, 3.05) is 0 Å². The first-order chi connectivity index (χ1) is 10.1. The van der Waals surface area contributed by atoms with Gasteiger partial charge in [-0.2, -0.15) is 0 Å². The van der Waals surface area contributed by atoms with Gasteiger partial charge in [-0.05, 0) is 42.4 Å². The minimum Gasteiger partial charge on any atom is -0.481 e. The molecule has 2 aliphatic carbocycles. The van der Waals surface area contributed by atoms with E-state index in [0.717, 1.165) is 12.8 Å². The van der Waals surface area contributed by atoms with Gasteiger partial charge in [0.15, 0.2) is 0 Å². The molecule has 5 atom stereocenters. The zero-order valence-electron chi connectivity index (χ0n) is 14.7. The topological polar surface area (TPSA) is 69.6 Å². The molecule has 0 radical (unpaired) electrons. The van der Waals surface area contributed by atoms with Crippen LogP contribution >= 0.6 is 0 Å². The third-order valence-corrected chi connectivity index (χ3v) is 6.17. The zero-order chi connectivity index (χ0) is 16.7. The number of carboxylic acid groups (broad SMARTS) is 1. The molecule has 0 amide bonds. The van der Waals surface area contributed by atoms with Crippen molar-refractivity contribution in [1.82, 2.24) is 5.32 Å². The number of hydrogen-bond donors (Lipinski definition) is 3. The molecule has 22 heavy (non-hydrogen) atoms. The summed E-state index contributed by atoms with van der Waals surface area (Å²) in [5.74, 6) is 0.854. The second-order valence-corrected chi connectivity index (χ2v) is 8.68. The number of fused-ring (bicyclic) bond motifs is 1. The van der Waals surface area contributed by atoms with Crippen molar-refractivity contribution in [3.63, 3.8) is 0 Å². The molecule has 0 aromatic heterocycles. The number of carboxylic acids is 1. The predicted molar refractivity (Wildman–Crippen MR) is 87.7 cm³/mol. The smallest absolute Gasteiger partial charge is 0.306 e. The van der Waals surface area contributed by atoms with Crippen LogP contribution in [0, 0.1) is 23.2 Å². The highest BCUT2D eigenvalue weighted by atomic mass is 16.4. The maximum absolute atomic E-state index is 11.0. The monoisotopic (exact) mass is 311 g/mol. The summed E-state index contributed by atoms with van der Waals surface area (Å²) in [7, 11) is 0. The first-order valence-corrected chi connectivity index (χ1v) is 8.77. The summed E-state index contributed by atoms with van der Waals surface area (Å²) in [4.78, 5) is 11.0. The lowest BCUT2D eigenvalue weighted by Crippen LogP contribution is -2.52. The normalized spacial score (nSPS) is 35.8.